The second kappa shape index (κ2) is 10.3. The summed E-state index contributed by atoms with van der Waals surface area (Å²) < 4.78 is 5.14. The Kier molecular flexibility index (Phi) is 7.18. The lowest BCUT2D eigenvalue weighted by Crippen LogP contribution is -2.42. The molecule has 3 N–H and O–H groups in total. The minimum atomic E-state index is -0.970. The Morgan fingerprint density at radius 2 is 1.97 bits per heavy atom. The van der Waals surface area contributed by atoms with E-state index in [0.29, 0.717) is 37.7 Å². The maximum Gasteiger partial charge on any atom is 0.310 e. The fraction of sp³-hybridized carbons (Fsp3) is 0.480. The number of aromatic nitrogens is 2. The molecule has 3 heterocycles. The third-order valence-corrected chi connectivity index (χ3v) is 6.44. The van der Waals surface area contributed by atoms with E-state index in [1.807, 2.05) is 12.1 Å². The van der Waals surface area contributed by atoms with Gasteiger partial charge in [-0.25, -0.2) is 0 Å². The molecule has 0 bridgehead atoms. The molecule has 1 aromatic heterocycles. The first-order valence-electron chi connectivity index (χ1n) is 12.0. The lowest BCUT2D eigenvalue weighted by molar-refractivity contribution is -0.148. The molecule has 1 fully saturated rings. The number of nitrogens with zero attached hydrogens (tertiary/aromatic N) is 2. The average molecular weight is 482 g/mol. The number of benzene rings is 1. The molecular weight excluding hydrogens is 450 g/mol. The second-order valence-corrected chi connectivity index (χ2v) is 9.26. The largest absolute Gasteiger partial charge is 0.466 e. The highest BCUT2D eigenvalue weighted by atomic mass is 16.5. The van der Waals surface area contributed by atoms with E-state index in [-0.39, 0.29) is 41.5 Å². The molecule has 0 unspecified atom stereocenters. The van der Waals surface area contributed by atoms with Crippen LogP contribution in [0.15, 0.2) is 29.1 Å². The number of hydrogen-bond acceptors (Lipinski definition) is 7. The molecule has 1 saturated heterocycles. The van der Waals surface area contributed by atoms with Crippen LogP contribution in [0, 0.1) is 5.92 Å². The van der Waals surface area contributed by atoms with Crippen LogP contribution in [0.3, 0.4) is 0 Å². The Morgan fingerprint density at radius 3 is 2.66 bits per heavy atom. The summed E-state index contributed by atoms with van der Waals surface area (Å²) in [5.74, 6) is -1.70. The van der Waals surface area contributed by atoms with E-state index in [2.05, 4.69) is 34.4 Å². The van der Waals surface area contributed by atoms with Gasteiger partial charge in [0.25, 0.3) is 5.56 Å². The predicted molar refractivity (Wildman–Crippen MR) is 132 cm³/mol. The summed E-state index contributed by atoms with van der Waals surface area (Å²) in [5, 5.41) is 5.45. The molecule has 2 aromatic rings. The molecule has 2 aliphatic rings. The van der Waals surface area contributed by atoms with Gasteiger partial charge in [0.05, 0.1) is 24.0 Å². The van der Waals surface area contributed by atoms with Crippen molar-refractivity contribution in [3.8, 4) is 0 Å². The van der Waals surface area contributed by atoms with Gasteiger partial charge < -0.3 is 20.3 Å². The first-order chi connectivity index (χ1) is 16.8. The first kappa shape index (κ1) is 24.4. The molecule has 10 nitrogen and oxygen atoms in total. The summed E-state index contributed by atoms with van der Waals surface area (Å²) in [5.41, 5.74) is 1.37. The van der Waals surface area contributed by atoms with Gasteiger partial charge in [-0.1, -0.05) is 26.0 Å². The molecule has 0 saturated carbocycles. The third kappa shape index (κ3) is 5.36. The summed E-state index contributed by atoms with van der Waals surface area (Å²) in [6, 6.07) is 7.48. The number of carbonyl (C=O) groups is 3. The highest BCUT2D eigenvalue weighted by Gasteiger charge is 2.36. The number of carbonyl (C=O) groups excluding carboxylic acids is 3. The van der Waals surface area contributed by atoms with Gasteiger partial charge in [-0.3, -0.25) is 24.2 Å². The van der Waals surface area contributed by atoms with Gasteiger partial charge in [0.2, 0.25) is 17.8 Å². The number of anilines is 3. The van der Waals surface area contributed by atoms with Crippen LogP contribution < -0.4 is 21.1 Å². The number of aromatic amines is 1. The molecule has 2 amide bonds. The number of nitrogens with one attached hydrogen (secondary N) is 3. The zero-order valence-electron chi connectivity index (χ0n) is 20.2. The van der Waals surface area contributed by atoms with Crippen molar-refractivity contribution in [3.05, 3.63) is 45.7 Å². The van der Waals surface area contributed by atoms with Crippen LogP contribution in [-0.2, 0) is 19.1 Å². The van der Waals surface area contributed by atoms with Gasteiger partial charge in [-0.2, -0.15) is 4.98 Å². The van der Waals surface area contributed by atoms with Crippen molar-refractivity contribution in [2.45, 2.75) is 51.9 Å². The van der Waals surface area contributed by atoms with Crippen LogP contribution in [0.4, 0.5) is 17.5 Å². The Morgan fingerprint density at radius 1 is 1.23 bits per heavy atom. The predicted octanol–water partition coefficient (Wildman–Crippen LogP) is 2.74. The minimum absolute atomic E-state index is 0.0774. The Hall–Kier alpha value is -3.69. The Bertz CT molecular complexity index is 1170. The van der Waals surface area contributed by atoms with Crippen LogP contribution in [0.25, 0.3) is 0 Å². The van der Waals surface area contributed by atoms with Crippen LogP contribution in [0.2, 0.25) is 0 Å². The summed E-state index contributed by atoms with van der Waals surface area (Å²) >= 11 is 0. The van der Waals surface area contributed by atoms with E-state index < -0.39 is 17.4 Å². The van der Waals surface area contributed by atoms with Gasteiger partial charge in [-0.05, 0) is 43.4 Å². The van der Waals surface area contributed by atoms with Crippen LogP contribution >= 0.6 is 0 Å². The van der Waals surface area contributed by atoms with Crippen molar-refractivity contribution in [2.75, 3.05) is 35.2 Å². The first-order valence-corrected chi connectivity index (χ1v) is 12.0. The fourth-order valence-corrected chi connectivity index (χ4v) is 4.54. The standard InChI is InChI=1S/C25H31N5O5/c1-4-35-24(34)16-6-5-11-30(13-16)25-28-21-20(23(33)29-25)18(12-19(31)27-21)22(32)26-17-9-7-15(8-10-17)14(2)3/h7-10,14,16,18H,4-6,11-13H2,1-3H3,(H,26,32)(H2,27,28,29,31,33)/t16-,18-/m0/s1. The Labute approximate surface area is 203 Å². The highest BCUT2D eigenvalue weighted by Crippen LogP contribution is 2.31. The molecule has 0 aliphatic carbocycles. The normalized spacial score (nSPS) is 19.7. The summed E-state index contributed by atoms with van der Waals surface area (Å²) in [7, 11) is 0. The second-order valence-electron chi connectivity index (χ2n) is 9.26. The van der Waals surface area contributed by atoms with E-state index in [9.17, 15) is 19.2 Å². The number of esters is 1. The monoisotopic (exact) mass is 481 g/mol. The van der Waals surface area contributed by atoms with Gasteiger partial charge >= 0.3 is 5.97 Å². The van der Waals surface area contributed by atoms with E-state index in [1.54, 1.807) is 24.0 Å². The minimum Gasteiger partial charge on any atom is -0.466 e. The number of rotatable bonds is 6. The quantitative estimate of drug-likeness (QED) is 0.540. The third-order valence-electron chi connectivity index (χ3n) is 6.44. The van der Waals surface area contributed by atoms with Crippen molar-refractivity contribution in [2.24, 2.45) is 5.92 Å². The molecule has 0 radical (unpaired) electrons. The highest BCUT2D eigenvalue weighted by molar-refractivity contribution is 6.04. The van der Waals surface area contributed by atoms with E-state index in [4.69, 9.17) is 4.74 Å². The van der Waals surface area contributed by atoms with Crippen molar-refractivity contribution in [1.29, 1.82) is 0 Å². The Balaban J connectivity index is 1.56. The molecule has 2 aliphatic heterocycles. The molecule has 35 heavy (non-hydrogen) atoms. The lowest BCUT2D eigenvalue weighted by Gasteiger charge is -2.32. The number of H-pyrrole nitrogens is 1. The van der Waals surface area contributed by atoms with E-state index in [1.165, 1.54) is 0 Å². The van der Waals surface area contributed by atoms with Crippen LogP contribution in [-0.4, -0.2) is 47.4 Å². The van der Waals surface area contributed by atoms with Crippen molar-refractivity contribution in [1.82, 2.24) is 9.97 Å². The molecule has 186 valence electrons. The lowest BCUT2D eigenvalue weighted by atomic mass is 9.92. The molecule has 2 atom stereocenters. The van der Waals surface area contributed by atoms with Gasteiger partial charge in [0.15, 0.2) is 0 Å². The zero-order valence-corrected chi connectivity index (χ0v) is 20.2. The summed E-state index contributed by atoms with van der Waals surface area (Å²) in [6.45, 7) is 7.18. The van der Waals surface area contributed by atoms with Crippen LogP contribution in [0.1, 0.15) is 63.0 Å². The maximum atomic E-state index is 13.1. The molecular formula is C25H31N5O5. The zero-order chi connectivity index (χ0) is 25.1. The topological polar surface area (TPSA) is 133 Å². The van der Waals surface area contributed by atoms with E-state index >= 15 is 0 Å². The molecule has 0 spiro atoms. The fourth-order valence-electron chi connectivity index (χ4n) is 4.54. The molecule has 10 heteroatoms. The summed E-state index contributed by atoms with van der Waals surface area (Å²) in [4.78, 5) is 59.8. The van der Waals surface area contributed by atoms with Gasteiger partial charge in [0, 0.05) is 25.2 Å². The van der Waals surface area contributed by atoms with E-state index in [0.717, 1.165) is 12.0 Å². The smallest absolute Gasteiger partial charge is 0.310 e. The van der Waals surface area contributed by atoms with Crippen molar-refractivity contribution >= 4 is 35.2 Å². The number of fused-ring (bicyclic) bond motifs is 1. The average Bonchev–Trinajstić information content (AvgIpc) is 2.83. The molecule has 1 aromatic carbocycles. The maximum absolute atomic E-state index is 13.1. The number of hydrogen-bond donors (Lipinski definition) is 3. The number of ether oxygens (including phenoxy) is 1. The number of piperidine rings is 1. The summed E-state index contributed by atoms with van der Waals surface area (Å²) in [6.07, 6.45) is 1.28. The van der Waals surface area contributed by atoms with Gasteiger partial charge in [-0.15, -0.1) is 0 Å². The van der Waals surface area contributed by atoms with Crippen molar-refractivity contribution in [3.63, 3.8) is 0 Å². The SMILES string of the molecule is CCOC(=O)[C@H]1CCCN(c2nc3c(c(=O)[nH]2)[C@@H](C(=O)Nc2ccc(C(C)C)cc2)CC(=O)N3)C1. The van der Waals surface area contributed by atoms with Gasteiger partial charge in [0.1, 0.15) is 5.82 Å². The molecule has 4 rings (SSSR count). The van der Waals surface area contributed by atoms with Crippen molar-refractivity contribution < 1.29 is 19.1 Å². The number of amides is 2. The van der Waals surface area contributed by atoms with Crippen LogP contribution in [0.5, 0.6) is 0 Å².